The van der Waals surface area contributed by atoms with Crippen molar-refractivity contribution < 1.29 is 32.6 Å². The van der Waals surface area contributed by atoms with Crippen molar-refractivity contribution in [3.05, 3.63) is 22.7 Å². The zero-order valence-corrected chi connectivity index (χ0v) is 18.2. The average Bonchev–Trinajstić information content (AvgIpc) is 2.99. The number of fused-ring (bicyclic) bond motifs is 1. The van der Waals surface area contributed by atoms with E-state index in [1.807, 2.05) is 45.7 Å². The zero-order chi connectivity index (χ0) is 25.4. The number of alkyl halides is 3. The molecule has 29 heavy (non-hydrogen) atoms. The summed E-state index contributed by atoms with van der Waals surface area (Å²) in [6, 6.07) is 2.26. The number of hydrogen-bond acceptors (Lipinski definition) is 3. The van der Waals surface area contributed by atoms with Crippen LogP contribution in [0, 0.1) is 17.8 Å². The molecule has 1 aliphatic heterocycles. The monoisotopic (exact) mass is 449 g/mol. The van der Waals surface area contributed by atoms with Crippen molar-refractivity contribution in [2.24, 2.45) is 5.92 Å². The van der Waals surface area contributed by atoms with E-state index in [4.69, 9.17) is 26.2 Å². The van der Waals surface area contributed by atoms with Gasteiger partial charge < -0.3 is 9.16 Å². The fourth-order valence-corrected chi connectivity index (χ4v) is 3.71. The number of carbonyl (C=O) groups is 1. The summed E-state index contributed by atoms with van der Waals surface area (Å²) in [6.45, 7) is 9.54. The summed E-state index contributed by atoms with van der Waals surface area (Å²) in [5, 5.41) is 1.82. The van der Waals surface area contributed by atoms with Gasteiger partial charge in [-0.05, 0) is 48.9 Å². The van der Waals surface area contributed by atoms with Crippen LogP contribution in [0.5, 0.6) is 5.75 Å². The second-order valence-electron chi connectivity index (χ2n) is 8.37. The predicted octanol–water partition coefficient (Wildman–Crippen LogP) is 6.46. The number of amides is 1. The summed E-state index contributed by atoms with van der Waals surface area (Å²) >= 11 is 6.14. The van der Waals surface area contributed by atoms with E-state index in [-0.39, 0.29) is 21.5 Å². The SMILES string of the molecule is [2H]C1([2H])C(C#CC2(C(F)(F)F)OC(=O)Nc3c(O[Si](C)(C)C(C)(C)C)cc(Cl)cc32)C1([2H])[2H]. The highest BCUT2D eigenvalue weighted by atomic mass is 35.5. The van der Waals surface area contributed by atoms with Crippen LogP contribution in [0.4, 0.5) is 23.7 Å². The second kappa shape index (κ2) is 6.85. The summed E-state index contributed by atoms with van der Waals surface area (Å²) < 4.78 is 84.5. The van der Waals surface area contributed by atoms with E-state index in [2.05, 4.69) is 5.32 Å². The maximum atomic E-state index is 14.4. The molecule has 0 spiro atoms. The molecule has 158 valence electrons. The Morgan fingerprint density at radius 3 is 2.48 bits per heavy atom. The fraction of sp³-hybridized carbons (Fsp3) is 0.550. The van der Waals surface area contributed by atoms with Gasteiger partial charge in [0.15, 0.2) is 0 Å². The molecule has 1 N–H and O–H groups in total. The molecule has 1 aromatic rings. The second-order valence-corrected chi connectivity index (χ2v) is 13.5. The van der Waals surface area contributed by atoms with Gasteiger partial charge in [-0.15, -0.1) is 0 Å². The number of ether oxygens (including phenoxy) is 1. The summed E-state index contributed by atoms with van der Waals surface area (Å²) in [7, 11) is -2.57. The number of rotatable bonds is 2. The number of cyclic esters (lactones) is 1. The average molecular weight is 450 g/mol. The highest BCUT2D eigenvalue weighted by Crippen LogP contribution is 2.52. The number of hydrogen-bond donors (Lipinski definition) is 1. The topological polar surface area (TPSA) is 47.6 Å². The van der Waals surface area contributed by atoms with Crippen LogP contribution in [0.1, 0.15) is 44.6 Å². The molecule has 3 rings (SSSR count). The summed E-state index contributed by atoms with van der Waals surface area (Å²) in [6.07, 6.45) is -11.5. The van der Waals surface area contributed by atoms with Crippen LogP contribution >= 0.6 is 11.6 Å². The van der Waals surface area contributed by atoms with E-state index in [0.29, 0.717) is 0 Å². The number of nitrogens with one attached hydrogen (secondary N) is 1. The van der Waals surface area contributed by atoms with Crippen molar-refractivity contribution in [3.63, 3.8) is 0 Å². The van der Waals surface area contributed by atoms with Gasteiger partial charge in [-0.2, -0.15) is 13.2 Å². The lowest BCUT2D eigenvalue weighted by atomic mass is 9.90. The number of anilines is 1. The Labute approximate surface area is 179 Å². The van der Waals surface area contributed by atoms with Gasteiger partial charge in [0.05, 0.1) is 5.69 Å². The van der Waals surface area contributed by atoms with Gasteiger partial charge in [0.2, 0.25) is 0 Å². The molecular weight excluding hydrogens is 423 g/mol. The fourth-order valence-electron chi connectivity index (χ4n) is 2.48. The van der Waals surface area contributed by atoms with Crippen molar-refractivity contribution in [2.45, 2.75) is 63.4 Å². The van der Waals surface area contributed by atoms with Gasteiger partial charge in [0.25, 0.3) is 13.9 Å². The zero-order valence-electron chi connectivity index (χ0n) is 20.5. The Kier molecular flexibility index (Phi) is 3.99. The molecule has 9 heteroatoms. The maximum Gasteiger partial charge on any atom is 0.445 e. The van der Waals surface area contributed by atoms with Gasteiger partial charge in [-0.3, -0.25) is 5.32 Å². The van der Waals surface area contributed by atoms with E-state index >= 15 is 0 Å². The first-order valence-corrected chi connectivity index (χ1v) is 12.1. The minimum atomic E-state index is -5.25. The van der Waals surface area contributed by atoms with Crippen LogP contribution in [0.2, 0.25) is 23.2 Å². The molecule has 0 aromatic heterocycles. The highest BCUT2D eigenvalue weighted by Gasteiger charge is 2.62. The minimum Gasteiger partial charge on any atom is -0.542 e. The number of benzene rings is 1. The summed E-state index contributed by atoms with van der Waals surface area (Å²) in [5.41, 5.74) is -4.41. The smallest absolute Gasteiger partial charge is 0.445 e. The lowest BCUT2D eigenvalue weighted by molar-refractivity contribution is -0.239. The predicted molar refractivity (Wildman–Crippen MR) is 108 cm³/mol. The van der Waals surface area contributed by atoms with E-state index in [1.54, 1.807) is 0 Å². The Hall–Kier alpha value is -1.85. The van der Waals surface area contributed by atoms with Crippen molar-refractivity contribution in [1.82, 2.24) is 0 Å². The molecule has 1 atom stereocenters. The molecule has 1 aliphatic carbocycles. The molecule has 1 fully saturated rings. The highest BCUT2D eigenvalue weighted by molar-refractivity contribution is 6.74. The van der Waals surface area contributed by atoms with Gasteiger partial charge in [0, 0.05) is 22.0 Å². The molecule has 1 amide bonds. The van der Waals surface area contributed by atoms with Gasteiger partial charge in [0.1, 0.15) is 5.75 Å². The molecule has 4 nitrogen and oxygen atoms in total. The van der Waals surface area contributed by atoms with Crippen LogP contribution in [0.3, 0.4) is 0 Å². The summed E-state index contributed by atoms with van der Waals surface area (Å²) in [4.78, 5) is 12.3. The van der Waals surface area contributed by atoms with Crippen molar-refractivity contribution in [2.75, 3.05) is 5.32 Å². The Morgan fingerprint density at radius 2 is 1.97 bits per heavy atom. The first-order chi connectivity index (χ1) is 14.7. The third-order valence-corrected chi connectivity index (χ3v) is 9.73. The lowest BCUT2D eigenvalue weighted by Crippen LogP contribution is -2.50. The number of halogens is 4. The van der Waals surface area contributed by atoms with Gasteiger partial charge in [-0.25, -0.2) is 4.79 Å². The minimum absolute atomic E-state index is 0.0618. The molecule has 1 heterocycles. The molecule has 1 unspecified atom stereocenters. The molecule has 0 radical (unpaired) electrons. The van der Waals surface area contributed by atoms with Crippen LogP contribution in [-0.4, -0.2) is 20.6 Å². The Bertz CT molecular complexity index is 1070. The van der Waals surface area contributed by atoms with E-state index in [0.717, 1.165) is 6.07 Å². The third kappa shape index (κ3) is 4.08. The Balaban J connectivity index is 2.24. The normalized spacial score (nSPS) is 27.6. The van der Waals surface area contributed by atoms with Crippen LogP contribution in [-0.2, 0) is 10.3 Å². The van der Waals surface area contributed by atoms with E-state index in [1.165, 1.54) is 6.07 Å². The largest absolute Gasteiger partial charge is 0.542 e. The maximum absolute atomic E-state index is 14.4. The van der Waals surface area contributed by atoms with Crippen LogP contribution in [0.15, 0.2) is 12.1 Å². The van der Waals surface area contributed by atoms with Crippen LogP contribution < -0.4 is 9.74 Å². The third-order valence-electron chi connectivity index (χ3n) is 5.17. The molecule has 0 saturated heterocycles. The molecule has 1 aromatic carbocycles. The van der Waals surface area contributed by atoms with Crippen LogP contribution in [0.25, 0.3) is 0 Å². The first kappa shape index (κ1) is 16.9. The Morgan fingerprint density at radius 1 is 1.34 bits per heavy atom. The first-order valence-electron chi connectivity index (χ1n) is 10.8. The van der Waals surface area contributed by atoms with Crippen molar-refractivity contribution >= 4 is 31.7 Å². The van der Waals surface area contributed by atoms with Gasteiger partial charge >= 0.3 is 12.3 Å². The summed E-state index contributed by atoms with van der Waals surface area (Å²) in [5.74, 6) is 2.18. The molecular formula is C20H23ClF3NO3Si. The van der Waals surface area contributed by atoms with Crippen molar-refractivity contribution in [3.8, 4) is 17.6 Å². The standard InChI is InChI=1S/C20H23ClF3NO3Si/c1-18(2,3)29(4,5)28-15-11-13(21)10-14-16(15)25-17(26)27-19(14,20(22,23)24)9-8-12-6-7-12/h10-12H,6-7H2,1-5H3,(H,25,26)/i6D2,7D2. The van der Waals surface area contributed by atoms with E-state index < -0.39 is 50.4 Å². The number of carbonyl (C=O) groups excluding carboxylic acids is 1. The van der Waals surface area contributed by atoms with Gasteiger partial charge in [-0.1, -0.05) is 38.3 Å². The molecule has 0 bridgehead atoms. The van der Waals surface area contributed by atoms with Crippen molar-refractivity contribution in [1.29, 1.82) is 0 Å². The van der Waals surface area contributed by atoms with E-state index in [9.17, 15) is 18.0 Å². The molecule has 2 aliphatic rings. The quantitative estimate of drug-likeness (QED) is 0.416. The lowest BCUT2D eigenvalue weighted by Gasteiger charge is -2.40. The molecule has 1 saturated carbocycles.